The lowest BCUT2D eigenvalue weighted by atomic mass is 10.1. The van der Waals surface area contributed by atoms with Gasteiger partial charge in [0.15, 0.2) is 16.7 Å². The second-order valence-electron chi connectivity index (χ2n) is 8.12. The van der Waals surface area contributed by atoms with Gasteiger partial charge in [-0.1, -0.05) is 78.0 Å². The molecule has 2 aliphatic heterocycles. The molecule has 0 atom stereocenters. The quantitative estimate of drug-likeness (QED) is 0.445. The summed E-state index contributed by atoms with van der Waals surface area (Å²) >= 11 is 1.35. The fraction of sp³-hybridized carbons (Fsp3) is 0.107. The molecule has 35 heavy (non-hydrogen) atoms. The molecule has 0 unspecified atom stereocenters. The molecule has 1 N–H and O–H groups in total. The number of benzene rings is 3. The van der Waals surface area contributed by atoms with Crippen LogP contribution in [0.4, 0.5) is 0 Å². The van der Waals surface area contributed by atoms with Gasteiger partial charge in [0.1, 0.15) is 12.4 Å². The third-order valence-corrected chi connectivity index (χ3v) is 6.49. The van der Waals surface area contributed by atoms with Crippen molar-refractivity contribution in [1.82, 2.24) is 4.90 Å². The van der Waals surface area contributed by atoms with Crippen LogP contribution in [0.15, 0.2) is 88.8 Å². The average molecular weight is 482 g/mol. The summed E-state index contributed by atoms with van der Waals surface area (Å²) in [5.74, 6) is 0.813. The topological polar surface area (TPSA) is 75.0 Å². The van der Waals surface area contributed by atoms with Crippen LogP contribution in [0.5, 0.6) is 11.5 Å². The second-order valence-corrected chi connectivity index (χ2v) is 8.95. The Hall–Kier alpha value is -4.10. The van der Waals surface area contributed by atoms with Crippen LogP contribution in [0.1, 0.15) is 22.3 Å². The Morgan fingerprint density at radius 2 is 1.86 bits per heavy atom. The van der Waals surface area contributed by atoms with Crippen molar-refractivity contribution in [3.05, 3.63) is 106 Å². The molecule has 2 heterocycles. The van der Waals surface area contributed by atoms with Gasteiger partial charge in [-0.3, -0.25) is 15.1 Å². The first-order chi connectivity index (χ1) is 17.0. The van der Waals surface area contributed by atoms with Crippen LogP contribution >= 0.6 is 11.8 Å². The number of aliphatic imine (C=N–C) groups is 1. The van der Waals surface area contributed by atoms with Crippen LogP contribution in [0.3, 0.4) is 0 Å². The molecule has 174 valence electrons. The largest absolute Gasteiger partial charge is 0.493 e. The number of carbonyl (C=O) groups excluding carboxylic acids is 1. The molecule has 0 aromatic heterocycles. The molecule has 0 spiro atoms. The zero-order valence-electron chi connectivity index (χ0n) is 19.3. The van der Waals surface area contributed by atoms with Gasteiger partial charge < -0.3 is 9.47 Å². The van der Waals surface area contributed by atoms with Gasteiger partial charge >= 0.3 is 0 Å². The normalized spacial score (nSPS) is 16.2. The van der Waals surface area contributed by atoms with Crippen molar-refractivity contribution in [2.45, 2.75) is 13.5 Å². The number of nitrogens with one attached hydrogen (secondary N) is 1. The molecule has 3 aromatic rings. The van der Waals surface area contributed by atoms with Crippen LogP contribution in [0.25, 0.3) is 11.8 Å². The summed E-state index contributed by atoms with van der Waals surface area (Å²) in [4.78, 5) is 18.7. The van der Waals surface area contributed by atoms with Crippen LogP contribution in [0.2, 0.25) is 0 Å². The van der Waals surface area contributed by atoms with Crippen molar-refractivity contribution in [3.8, 4) is 11.5 Å². The molecule has 7 heteroatoms. The van der Waals surface area contributed by atoms with Crippen molar-refractivity contribution in [2.75, 3.05) is 7.11 Å². The SMILES string of the molecule is COc1cc(/C=C2\C(=N)N3C(c4ccccc4)=CSC3=NC2=O)ccc1OCc1cccc(C)c1. The van der Waals surface area contributed by atoms with E-state index in [1.54, 1.807) is 24.2 Å². The van der Waals surface area contributed by atoms with E-state index in [4.69, 9.17) is 14.9 Å². The van der Waals surface area contributed by atoms with Crippen molar-refractivity contribution < 1.29 is 14.3 Å². The summed E-state index contributed by atoms with van der Waals surface area (Å²) in [5.41, 5.74) is 4.96. The molecule has 6 nitrogen and oxygen atoms in total. The van der Waals surface area contributed by atoms with E-state index in [-0.39, 0.29) is 11.4 Å². The van der Waals surface area contributed by atoms with E-state index in [0.717, 1.165) is 16.8 Å². The number of aryl methyl sites for hydroxylation is 1. The van der Waals surface area contributed by atoms with Gasteiger partial charge in [0.2, 0.25) is 0 Å². The Bertz CT molecular complexity index is 1410. The number of nitrogens with zero attached hydrogens (tertiary/aromatic N) is 2. The summed E-state index contributed by atoms with van der Waals surface area (Å²) in [5, 5.41) is 11.2. The lowest BCUT2D eigenvalue weighted by Gasteiger charge is -2.27. The average Bonchev–Trinajstić information content (AvgIpc) is 3.30. The van der Waals surface area contributed by atoms with Crippen molar-refractivity contribution in [3.63, 3.8) is 0 Å². The highest BCUT2D eigenvalue weighted by Crippen LogP contribution is 2.37. The van der Waals surface area contributed by atoms with E-state index in [9.17, 15) is 4.79 Å². The highest BCUT2D eigenvalue weighted by atomic mass is 32.2. The number of carbonyl (C=O) groups is 1. The third-order valence-electron chi connectivity index (χ3n) is 5.66. The standard InChI is InChI=1S/C28H23N3O3S/c1-18-7-6-8-20(13-18)16-34-24-12-11-19(15-25(24)33-2)14-22-26(29)31-23(21-9-4-3-5-10-21)17-35-28(31)30-27(22)32/h3-15,17,29H,16H2,1-2H3/b22-14+,29-26?. The number of hydrogen-bond acceptors (Lipinski definition) is 5. The van der Waals surface area contributed by atoms with E-state index in [0.29, 0.717) is 28.8 Å². The fourth-order valence-electron chi connectivity index (χ4n) is 3.94. The van der Waals surface area contributed by atoms with Gasteiger partial charge in [0.05, 0.1) is 18.4 Å². The molecule has 0 saturated carbocycles. The van der Waals surface area contributed by atoms with Crippen molar-refractivity contribution in [1.29, 1.82) is 5.41 Å². The Balaban J connectivity index is 1.40. The van der Waals surface area contributed by atoms with Gasteiger partial charge in [-0.2, -0.15) is 4.99 Å². The maximum atomic E-state index is 12.8. The minimum absolute atomic E-state index is 0.0962. The molecule has 0 radical (unpaired) electrons. The Morgan fingerprint density at radius 1 is 1.03 bits per heavy atom. The smallest absolute Gasteiger partial charge is 0.283 e. The van der Waals surface area contributed by atoms with Crippen LogP contribution in [-0.2, 0) is 11.4 Å². The third kappa shape index (κ3) is 4.63. The molecule has 0 aliphatic carbocycles. The zero-order chi connectivity index (χ0) is 24.4. The molecule has 0 fully saturated rings. The molecule has 5 rings (SSSR count). The van der Waals surface area contributed by atoms with Gasteiger partial charge in [-0.05, 0) is 41.8 Å². The minimum Gasteiger partial charge on any atom is -0.493 e. The lowest BCUT2D eigenvalue weighted by molar-refractivity contribution is -0.114. The maximum absolute atomic E-state index is 12.8. The molecule has 2 aliphatic rings. The highest BCUT2D eigenvalue weighted by Gasteiger charge is 2.36. The summed E-state index contributed by atoms with van der Waals surface area (Å²) in [6.07, 6.45) is 1.67. The summed E-state index contributed by atoms with van der Waals surface area (Å²) < 4.78 is 11.5. The van der Waals surface area contributed by atoms with Gasteiger partial charge in [-0.15, -0.1) is 0 Å². The first kappa shape index (κ1) is 22.7. The number of ether oxygens (including phenoxy) is 2. The van der Waals surface area contributed by atoms with E-state index in [1.807, 2.05) is 73.0 Å². The summed E-state index contributed by atoms with van der Waals surface area (Å²) in [6, 6.07) is 23.4. The van der Waals surface area contributed by atoms with Crippen LogP contribution in [0, 0.1) is 12.3 Å². The number of rotatable bonds is 6. The maximum Gasteiger partial charge on any atom is 0.283 e. The van der Waals surface area contributed by atoms with Gasteiger partial charge in [0, 0.05) is 5.41 Å². The van der Waals surface area contributed by atoms with E-state index in [2.05, 4.69) is 11.1 Å². The monoisotopic (exact) mass is 481 g/mol. The summed E-state index contributed by atoms with van der Waals surface area (Å²) in [7, 11) is 1.58. The van der Waals surface area contributed by atoms with Gasteiger partial charge in [-0.25, -0.2) is 0 Å². The molecule has 0 saturated heterocycles. The predicted octanol–water partition coefficient (Wildman–Crippen LogP) is 5.89. The number of hydrogen-bond donors (Lipinski definition) is 1. The Kier molecular flexibility index (Phi) is 6.25. The molecule has 0 bridgehead atoms. The van der Waals surface area contributed by atoms with Gasteiger partial charge in [0.25, 0.3) is 5.91 Å². The first-order valence-electron chi connectivity index (χ1n) is 11.1. The Labute approximate surface area is 208 Å². The van der Waals surface area contributed by atoms with Crippen LogP contribution < -0.4 is 9.47 Å². The molecular weight excluding hydrogens is 458 g/mol. The highest BCUT2D eigenvalue weighted by molar-refractivity contribution is 8.17. The number of amidine groups is 2. The number of amides is 1. The van der Waals surface area contributed by atoms with Crippen molar-refractivity contribution >= 4 is 40.4 Å². The Morgan fingerprint density at radius 3 is 2.63 bits per heavy atom. The lowest BCUT2D eigenvalue weighted by Crippen LogP contribution is -2.38. The van der Waals surface area contributed by atoms with E-state index >= 15 is 0 Å². The molecular formula is C28H23N3O3S. The number of methoxy groups -OCH3 is 1. The fourth-order valence-corrected chi connectivity index (χ4v) is 4.83. The summed E-state index contributed by atoms with van der Waals surface area (Å²) in [6.45, 7) is 2.46. The first-order valence-corrected chi connectivity index (χ1v) is 11.9. The molecule has 1 amide bonds. The minimum atomic E-state index is -0.435. The number of thioether (sulfide) groups is 1. The zero-order valence-corrected chi connectivity index (χ0v) is 20.1. The van der Waals surface area contributed by atoms with E-state index in [1.165, 1.54) is 17.3 Å². The van der Waals surface area contributed by atoms with Crippen molar-refractivity contribution in [2.24, 2.45) is 4.99 Å². The van der Waals surface area contributed by atoms with Crippen LogP contribution in [-0.4, -0.2) is 28.9 Å². The molecule has 3 aromatic carbocycles. The second kappa shape index (κ2) is 9.64. The predicted molar refractivity (Wildman–Crippen MR) is 140 cm³/mol. The number of fused-ring (bicyclic) bond motifs is 1. The van der Waals surface area contributed by atoms with E-state index < -0.39 is 5.91 Å².